The zero-order valence-corrected chi connectivity index (χ0v) is 11.7. The molecule has 4 nitrogen and oxygen atoms in total. The molecule has 2 aliphatic carbocycles. The van der Waals surface area contributed by atoms with Crippen LogP contribution in [0.2, 0.25) is 0 Å². The number of ketones is 1. The summed E-state index contributed by atoms with van der Waals surface area (Å²) in [7, 11) is 0. The molecule has 3 rings (SSSR count). The van der Waals surface area contributed by atoms with Crippen molar-refractivity contribution in [3.05, 3.63) is 11.3 Å². The molecule has 0 aromatic heterocycles. The van der Waals surface area contributed by atoms with Gasteiger partial charge >= 0.3 is 0 Å². The summed E-state index contributed by atoms with van der Waals surface area (Å²) >= 11 is 0. The molecule has 0 saturated heterocycles. The van der Waals surface area contributed by atoms with Gasteiger partial charge in [-0.1, -0.05) is 19.3 Å². The third-order valence-corrected chi connectivity index (χ3v) is 4.91. The first-order valence-corrected chi connectivity index (χ1v) is 7.64. The first-order chi connectivity index (χ1) is 9.72. The van der Waals surface area contributed by atoms with Crippen LogP contribution in [0.1, 0.15) is 51.4 Å². The summed E-state index contributed by atoms with van der Waals surface area (Å²) in [5.41, 5.74) is 0.755. The van der Waals surface area contributed by atoms with Gasteiger partial charge in [-0.2, -0.15) is 5.26 Å². The molecule has 1 fully saturated rings. The van der Waals surface area contributed by atoms with Gasteiger partial charge in [0.25, 0.3) is 0 Å². The molecular formula is C16H20N2O2. The lowest BCUT2D eigenvalue weighted by molar-refractivity contribution is -0.117. The minimum Gasteiger partial charge on any atom is -0.446 e. The zero-order valence-electron chi connectivity index (χ0n) is 11.7. The Hall–Kier alpha value is -1.63. The van der Waals surface area contributed by atoms with E-state index in [-0.39, 0.29) is 17.6 Å². The van der Waals surface area contributed by atoms with Crippen LogP contribution in [0.5, 0.6) is 0 Å². The van der Waals surface area contributed by atoms with Crippen molar-refractivity contribution in [1.29, 1.82) is 10.7 Å². The largest absolute Gasteiger partial charge is 0.446 e. The summed E-state index contributed by atoms with van der Waals surface area (Å²) in [6, 6.07) is 2.22. The number of carbonyl (C=O) groups excluding carboxylic acids is 1. The number of hydrogen-bond donors (Lipinski definition) is 1. The van der Waals surface area contributed by atoms with Crippen molar-refractivity contribution >= 4 is 11.7 Å². The smallest absolute Gasteiger partial charge is 0.204 e. The minimum absolute atomic E-state index is 0.0523. The zero-order chi connectivity index (χ0) is 14.1. The number of nitrogens with zero attached hydrogens (tertiary/aromatic N) is 1. The Morgan fingerprint density at radius 3 is 2.60 bits per heavy atom. The fourth-order valence-electron chi connectivity index (χ4n) is 3.98. The Kier molecular flexibility index (Phi) is 3.60. The van der Waals surface area contributed by atoms with Gasteiger partial charge in [-0.3, -0.25) is 10.2 Å². The SMILES string of the molecule is N#CC1C(=N)OC2=C(C(=O)CCC2)C1C1CCCCC1. The van der Waals surface area contributed by atoms with Gasteiger partial charge < -0.3 is 4.74 Å². The van der Waals surface area contributed by atoms with E-state index in [1.165, 1.54) is 19.3 Å². The Morgan fingerprint density at radius 1 is 1.15 bits per heavy atom. The maximum absolute atomic E-state index is 12.3. The number of nitrogens with one attached hydrogen (secondary N) is 1. The number of rotatable bonds is 1. The number of carbonyl (C=O) groups is 1. The third-order valence-electron chi connectivity index (χ3n) is 4.91. The van der Waals surface area contributed by atoms with E-state index in [2.05, 4.69) is 6.07 Å². The molecule has 3 aliphatic rings. The molecule has 1 heterocycles. The van der Waals surface area contributed by atoms with Crippen molar-refractivity contribution in [3.8, 4) is 6.07 Å². The predicted octanol–water partition coefficient (Wildman–Crippen LogP) is 3.34. The number of Topliss-reactive ketones (excluding diaryl/α,β-unsaturated/α-hetero) is 1. The molecule has 2 atom stereocenters. The number of hydrogen-bond acceptors (Lipinski definition) is 4. The molecule has 20 heavy (non-hydrogen) atoms. The van der Waals surface area contributed by atoms with Crippen molar-refractivity contribution < 1.29 is 9.53 Å². The molecule has 1 aliphatic heterocycles. The van der Waals surface area contributed by atoms with Crippen LogP contribution in [0, 0.1) is 34.5 Å². The molecule has 4 heteroatoms. The van der Waals surface area contributed by atoms with Crippen LogP contribution in [0.15, 0.2) is 11.3 Å². The van der Waals surface area contributed by atoms with E-state index < -0.39 is 5.92 Å². The Morgan fingerprint density at radius 2 is 1.90 bits per heavy atom. The van der Waals surface area contributed by atoms with Gasteiger partial charge in [-0.25, -0.2) is 0 Å². The van der Waals surface area contributed by atoms with Crippen molar-refractivity contribution in [2.75, 3.05) is 0 Å². The lowest BCUT2D eigenvalue weighted by atomic mass is 9.67. The molecule has 0 radical (unpaired) electrons. The van der Waals surface area contributed by atoms with Gasteiger partial charge in [0.05, 0.1) is 6.07 Å². The summed E-state index contributed by atoms with van der Waals surface area (Å²) < 4.78 is 5.50. The highest BCUT2D eigenvalue weighted by Crippen LogP contribution is 2.45. The molecule has 1 saturated carbocycles. The fraction of sp³-hybridized carbons (Fsp3) is 0.688. The number of allylic oxidation sites excluding steroid dienone is 2. The number of ether oxygens (including phenoxy) is 1. The van der Waals surface area contributed by atoms with E-state index in [0.717, 1.165) is 31.3 Å². The van der Waals surface area contributed by atoms with Crippen molar-refractivity contribution in [1.82, 2.24) is 0 Å². The fourth-order valence-corrected chi connectivity index (χ4v) is 3.98. The van der Waals surface area contributed by atoms with E-state index in [1.807, 2.05) is 0 Å². The summed E-state index contributed by atoms with van der Waals surface area (Å²) in [4.78, 5) is 12.3. The molecule has 2 unspecified atom stereocenters. The highest BCUT2D eigenvalue weighted by molar-refractivity contribution is 6.00. The molecule has 0 aromatic rings. The van der Waals surface area contributed by atoms with E-state index in [9.17, 15) is 10.1 Å². The van der Waals surface area contributed by atoms with Crippen LogP contribution in [0.4, 0.5) is 0 Å². The summed E-state index contributed by atoms with van der Waals surface area (Å²) in [5.74, 6) is 0.590. The first-order valence-electron chi connectivity index (χ1n) is 7.64. The maximum atomic E-state index is 12.3. The van der Waals surface area contributed by atoms with Crippen LogP contribution in [-0.4, -0.2) is 11.7 Å². The van der Waals surface area contributed by atoms with Crippen LogP contribution < -0.4 is 0 Å². The summed E-state index contributed by atoms with van der Waals surface area (Å²) in [6.45, 7) is 0. The highest BCUT2D eigenvalue weighted by Gasteiger charge is 2.45. The lowest BCUT2D eigenvalue weighted by Crippen LogP contribution is -2.40. The quantitative estimate of drug-likeness (QED) is 0.795. The maximum Gasteiger partial charge on any atom is 0.204 e. The van der Waals surface area contributed by atoms with Crippen molar-refractivity contribution in [2.45, 2.75) is 51.4 Å². The molecule has 106 valence electrons. The Bertz CT molecular complexity index is 509. The first kappa shape index (κ1) is 13.4. The molecular weight excluding hydrogens is 252 g/mol. The lowest BCUT2D eigenvalue weighted by Gasteiger charge is -2.39. The van der Waals surface area contributed by atoms with E-state index in [1.54, 1.807) is 0 Å². The third kappa shape index (κ3) is 2.15. The molecule has 0 amide bonds. The normalized spacial score (nSPS) is 31.6. The average molecular weight is 272 g/mol. The molecule has 0 aromatic carbocycles. The van der Waals surface area contributed by atoms with E-state index in [4.69, 9.17) is 10.1 Å². The molecule has 0 spiro atoms. The minimum atomic E-state index is -0.570. The van der Waals surface area contributed by atoms with Gasteiger partial charge in [-0.15, -0.1) is 0 Å². The van der Waals surface area contributed by atoms with Gasteiger partial charge in [-0.05, 0) is 25.2 Å². The Balaban J connectivity index is 2.01. The van der Waals surface area contributed by atoms with Crippen LogP contribution in [0.25, 0.3) is 0 Å². The van der Waals surface area contributed by atoms with Gasteiger partial charge in [0.1, 0.15) is 11.7 Å². The summed E-state index contributed by atoms with van der Waals surface area (Å²) in [5, 5.41) is 17.4. The second-order valence-corrected chi connectivity index (χ2v) is 6.11. The van der Waals surface area contributed by atoms with Crippen molar-refractivity contribution in [3.63, 3.8) is 0 Å². The van der Waals surface area contributed by atoms with E-state index >= 15 is 0 Å². The van der Waals surface area contributed by atoms with Gasteiger partial charge in [0, 0.05) is 24.3 Å². The Labute approximate surface area is 119 Å². The van der Waals surface area contributed by atoms with Crippen molar-refractivity contribution in [2.24, 2.45) is 17.8 Å². The second kappa shape index (κ2) is 5.40. The van der Waals surface area contributed by atoms with Gasteiger partial charge in [0.2, 0.25) is 5.90 Å². The second-order valence-electron chi connectivity index (χ2n) is 6.11. The average Bonchev–Trinajstić information content (AvgIpc) is 2.47. The van der Waals surface area contributed by atoms with Gasteiger partial charge in [0.15, 0.2) is 5.78 Å². The number of nitriles is 1. The van der Waals surface area contributed by atoms with Crippen LogP contribution in [0.3, 0.4) is 0 Å². The van der Waals surface area contributed by atoms with Crippen LogP contribution in [-0.2, 0) is 9.53 Å². The molecule has 1 N–H and O–H groups in total. The topological polar surface area (TPSA) is 73.9 Å². The monoisotopic (exact) mass is 272 g/mol. The summed E-state index contributed by atoms with van der Waals surface area (Å²) in [6.07, 6.45) is 7.84. The standard InChI is InChI=1S/C16H20N2O2/c17-9-11-14(10-5-2-1-3-6-10)15-12(19)7-4-8-13(15)20-16(11)18/h10-11,14,18H,1-8H2. The van der Waals surface area contributed by atoms with Crippen LogP contribution >= 0.6 is 0 Å². The molecule has 0 bridgehead atoms. The van der Waals surface area contributed by atoms with E-state index in [0.29, 0.717) is 18.1 Å². The predicted molar refractivity (Wildman–Crippen MR) is 73.9 cm³/mol. The highest BCUT2D eigenvalue weighted by atomic mass is 16.5.